The average molecular weight is 497 g/mol. The molecule has 4 aliphatic rings. The summed E-state index contributed by atoms with van der Waals surface area (Å²) in [5, 5.41) is 0. The zero-order valence-corrected chi connectivity index (χ0v) is 21.7. The van der Waals surface area contributed by atoms with E-state index >= 15 is 0 Å². The summed E-state index contributed by atoms with van der Waals surface area (Å²) in [6.45, 7) is 10.1. The second-order valence-electron chi connectivity index (χ2n) is 9.20. The molecule has 2 saturated heterocycles. The summed E-state index contributed by atoms with van der Waals surface area (Å²) in [7, 11) is 0. The molecule has 1 aromatic rings. The van der Waals surface area contributed by atoms with E-state index in [1.54, 1.807) is 19.1 Å². The van der Waals surface area contributed by atoms with Gasteiger partial charge in [-0.25, -0.2) is 4.98 Å². The maximum Gasteiger partial charge on any atom is 0.208 e. The number of ketones is 2. The Morgan fingerprint density at radius 2 is 1.42 bits per heavy atom. The zero-order chi connectivity index (χ0) is 26.2. The Bertz CT molecular complexity index is 1220. The molecule has 0 atom stereocenters. The number of nitrogens with zero attached hydrogens (tertiary/aromatic N) is 1. The maximum atomic E-state index is 12.3. The van der Waals surface area contributed by atoms with Gasteiger partial charge in [-0.1, -0.05) is 6.07 Å². The lowest BCUT2D eigenvalue weighted by atomic mass is 9.98. The van der Waals surface area contributed by atoms with Gasteiger partial charge < -0.3 is 19.6 Å². The summed E-state index contributed by atoms with van der Waals surface area (Å²) in [6.07, 6.45) is 7.86. The molecular formula is C28H36N2O6. The van der Waals surface area contributed by atoms with Crippen LogP contribution in [0.15, 0.2) is 21.3 Å². The molecule has 3 aliphatic heterocycles. The first-order valence-electron chi connectivity index (χ1n) is 12.6. The van der Waals surface area contributed by atoms with Crippen molar-refractivity contribution in [2.45, 2.75) is 66.2 Å². The van der Waals surface area contributed by atoms with Crippen molar-refractivity contribution in [3.63, 3.8) is 0 Å². The number of carbonyl (C=O) groups is 2. The highest BCUT2D eigenvalue weighted by Crippen LogP contribution is 2.34. The fourth-order valence-electron chi connectivity index (χ4n) is 4.21. The number of aryl methyl sites for hydroxylation is 1. The monoisotopic (exact) mass is 496 g/mol. The number of fused-ring (bicyclic) bond motifs is 2. The zero-order valence-electron chi connectivity index (χ0n) is 21.7. The molecule has 1 aliphatic carbocycles. The lowest BCUT2D eigenvalue weighted by molar-refractivity contribution is 0.0967. The number of hydrogen-bond acceptors (Lipinski definition) is 8. The predicted molar refractivity (Wildman–Crippen MR) is 140 cm³/mol. The van der Waals surface area contributed by atoms with Crippen LogP contribution in [0.3, 0.4) is 0 Å². The van der Waals surface area contributed by atoms with Crippen LogP contribution in [0.25, 0.3) is 22.6 Å². The van der Waals surface area contributed by atoms with Crippen LogP contribution in [0, 0.1) is 13.8 Å². The van der Waals surface area contributed by atoms with Crippen LogP contribution >= 0.6 is 0 Å². The van der Waals surface area contributed by atoms with Crippen molar-refractivity contribution in [2.24, 2.45) is 0 Å². The SMILES string of the molecule is C1CCOCC1.C1CCOCC1.CC(=O)c1c2nc3c(C(C)=O)ccc(C)c3oc-2c(C)c(=O)c1N. The normalized spacial score (nSPS) is 15.4. The topological polar surface area (TPSA) is 122 Å². The molecule has 0 saturated carbocycles. The van der Waals surface area contributed by atoms with E-state index in [1.807, 2.05) is 6.92 Å². The predicted octanol–water partition coefficient (Wildman–Crippen LogP) is 5.27. The fourth-order valence-corrected chi connectivity index (χ4v) is 4.21. The standard InChI is InChI=1S/C18H16N2O4.2C5H10O/c1-7-5-6-11(9(3)21)14-17(7)24-18-8(2)16(23)13(19)12(10(4)22)15(18)20-14;2*1-2-4-6-5-3-1/h5-6H,19H2,1-4H3;2*1-5H2. The quantitative estimate of drug-likeness (QED) is 0.289. The molecule has 2 N–H and O–H groups in total. The van der Waals surface area contributed by atoms with Crippen LogP contribution in [0.2, 0.25) is 0 Å². The Morgan fingerprint density at radius 1 is 0.861 bits per heavy atom. The molecule has 0 aromatic heterocycles. The van der Waals surface area contributed by atoms with E-state index in [1.165, 1.54) is 52.4 Å². The molecule has 194 valence electrons. The van der Waals surface area contributed by atoms with Crippen molar-refractivity contribution in [3.8, 4) is 11.5 Å². The van der Waals surface area contributed by atoms with Gasteiger partial charge in [-0.05, 0) is 77.8 Å². The summed E-state index contributed by atoms with van der Waals surface area (Å²) in [4.78, 5) is 40.7. The highest BCUT2D eigenvalue weighted by molar-refractivity contribution is 6.08. The van der Waals surface area contributed by atoms with Gasteiger partial charge in [-0.3, -0.25) is 14.4 Å². The molecule has 0 radical (unpaired) electrons. The average Bonchev–Trinajstić information content (AvgIpc) is 2.89. The van der Waals surface area contributed by atoms with Crippen molar-refractivity contribution in [1.29, 1.82) is 0 Å². The smallest absolute Gasteiger partial charge is 0.208 e. The third kappa shape index (κ3) is 6.36. The Morgan fingerprint density at radius 3 is 1.83 bits per heavy atom. The minimum absolute atomic E-state index is 0.0299. The maximum absolute atomic E-state index is 12.3. The van der Waals surface area contributed by atoms with Gasteiger partial charge in [0.25, 0.3) is 0 Å². The largest absolute Gasteiger partial charge is 0.452 e. The van der Waals surface area contributed by atoms with Crippen LogP contribution in [-0.2, 0) is 9.47 Å². The van der Waals surface area contributed by atoms with Crippen molar-refractivity contribution in [1.82, 2.24) is 4.98 Å². The molecule has 0 unspecified atom stereocenters. The van der Waals surface area contributed by atoms with Gasteiger partial charge in [0.15, 0.2) is 22.9 Å². The minimum atomic E-state index is -0.446. The molecule has 8 nitrogen and oxygen atoms in total. The Hall–Kier alpha value is -3.10. The lowest BCUT2D eigenvalue weighted by Gasteiger charge is -2.15. The molecule has 36 heavy (non-hydrogen) atoms. The number of ether oxygens (including phenoxy) is 2. The van der Waals surface area contributed by atoms with E-state index in [9.17, 15) is 14.4 Å². The van der Waals surface area contributed by atoms with Gasteiger partial charge in [0, 0.05) is 37.6 Å². The van der Waals surface area contributed by atoms with Gasteiger partial charge in [-0.15, -0.1) is 0 Å². The van der Waals surface area contributed by atoms with Gasteiger partial charge in [0.05, 0.1) is 11.3 Å². The third-order valence-electron chi connectivity index (χ3n) is 6.29. The minimum Gasteiger partial charge on any atom is -0.452 e. The van der Waals surface area contributed by atoms with Crippen LogP contribution in [-0.4, -0.2) is 43.0 Å². The molecule has 5 rings (SSSR count). The molecular weight excluding hydrogens is 460 g/mol. The second kappa shape index (κ2) is 12.7. The number of aromatic nitrogens is 1. The first-order chi connectivity index (χ1) is 17.2. The number of nitrogens with two attached hydrogens (primary N) is 1. The Labute approximate surface area is 211 Å². The van der Waals surface area contributed by atoms with Gasteiger partial charge in [0.2, 0.25) is 5.43 Å². The molecule has 2 fully saturated rings. The summed E-state index contributed by atoms with van der Waals surface area (Å²) < 4.78 is 16.0. The van der Waals surface area contributed by atoms with Crippen LogP contribution in [0.4, 0.5) is 5.69 Å². The van der Waals surface area contributed by atoms with Crippen LogP contribution < -0.4 is 11.2 Å². The van der Waals surface area contributed by atoms with Crippen molar-refractivity contribution < 1.29 is 23.5 Å². The molecule has 8 heteroatoms. The van der Waals surface area contributed by atoms with E-state index < -0.39 is 5.43 Å². The van der Waals surface area contributed by atoms with Crippen molar-refractivity contribution >= 4 is 28.4 Å². The van der Waals surface area contributed by atoms with Crippen LogP contribution in [0.1, 0.15) is 84.2 Å². The number of benzene rings is 2. The highest BCUT2D eigenvalue weighted by Gasteiger charge is 2.26. The number of hydrogen-bond donors (Lipinski definition) is 1. The van der Waals surface area contributed by atoms with Gasteiger partial charge in [-0.2, -0.15) is 0 Å². The number of anilines is 1. The van der Waals surface area contributed by atoms with E-state index in [2.05, 4.69) is 4.98 Å². The molecule has 0 bridgehead atoms. The molecule has 3 heterocycles. The third-order valence-corrected chi connectivity index (χ3v) is 6.29. The van der Waals surface area contributed by atoms with E-state index in [-0.39, 0.29) is 39.8 Å². The van der Waals surface area contributed by atoms with E-state index in [0.29, 0.717) is 16.7 Å². The van der Waals surface area contributed by atoms with Crippen molar-refractivity contribution in [3.05, 3.63) is 44.6 Å². The summed E-state index contributed by atoms with van der Waals surface area (Å²) in [5.74, 6) is -0.332. The number of Topliss-reactive ketones (excluding diaryl/α,β-unsaturated/α-hetero) is 2. The number of nitrogen functional groups attached to an aromatic ring is 1. The number of carbonyl (C=O) groups excluding carboxylic acids is 2. The molecule has 0 spiro atoms. The number of rotatable bonds is 2. The Balaban J connectivity index is 0.000000244. The molecule has 1 aromatic carbocycles. The van der Waals surface area contributed by atoms with Gasteiger partial charge in [0.1, 0.15) is 11.2 Å². The van der Waals surface area contributed by atoms with Crippen LogP contribution in [0.5, 0.6) is 0 Å². The fraction of sp³-hybridized carbons (Fsp3) is 0.500. The lowest BCUT2D eigenvalue weighted by Crippen LogP contribution is -2.19. The summed E-state index contributed by atoms with van der Waals surface area (Å²) in [6, 6.07) is 3.42. The summed E-state index contributed by atoms with van der Waals surface area (Å²) in [5.41, 5.74) is 7.70. The first kappa shape index (κ1) is 27.5. The second-order valence-corrected chi connectivity index (χ2v) is 9.20. The highest BCUT2D eigenvalue weighted by atomic mass is 16.5. The Kier molecular flexibility index (Phi) is 9.73. The van der Waals surface area contributed by atoms with Gasteiger partial charge >= 0.3 is 0 Å². The van der Waals surface area contributed by atoms with E-state index in [4.69, 9.17) is 19.6 Å². The summed E-state index contributed by atoms with van der Waals surface area (Å²) >= 11 is 0. The van der Waals surface area contributed by atoms with E-state index in [0.717, 1.165) is 32.0 Å². The first-order valence-corrected chi connectivity index (χ1v) is 12.6. The van der Waals surface area contributed by atoms with Crippen molar-refractivity contribution in [2.75, 3.05) is 32.2 Å². The molecule has 0 amide bonds.